The molecule has 0 unspecified atom stereocenters. The van der Waals surface area contributed by atoms with Crippen molar-refractivity contribution in [2.24, 2.45) is 4.99 Å². The summed E-state index contributed by atoms with van der Waals surface area (Å²) >= 11 is 1.74. The van der Waals surface area contributed by atoms with Gasteiger partial charge in [-0.25, -0.2) is 4.98 Å². The Balaban J connectivity index is 0.00000364. The minimum Gasteiger partial charge on any atom is -0.497 e. The van der Waals surface area contributed by atoms with Crippen molar-refractivity contribution in [2.45, 2.75) is 26.2 Å². The molecule has 0 atom stereocenters. The van der Waals surface area contributed by atoms with Crippen molar-refractivity contribution in [1.82, 2.24) is 15.6 Å². The zero-order valence-corrected chi connectivity index (χ0v) is 19.3. The maximum Gasteiger partial charge on any atom is 0.191 e. The van der Waals surface area contributed by atoms with Crippen LogP contribution in [0.25, 0.3) is 0 Å². The van der Waals surface area contributed by atoms with E-state index in [4.69, 9.17) is 9.47 Å². The van der Waals surface area contributed by atoms with Crippen LogP contribution in [-0.2, 0) is 6.42 Å². The molecule has 1 heterocycles. The molecular weight excluding hydrogens is 475 g/mol. The Morgan fingerprint density at radius 3 is 2.44 bits per heavy atom. The molecule has 0 spiro atoms. The second-order valence-corrected chi connectivity index (χ2v) is 6.73. The van der Waals surface area contributed by atoms with Crippen molar-refractivity contribution in [3.8, 4) is 11.5 Å². The van der Waals surface area contributed by atoms with E-state index in [9.17, 15) is 0 Å². The smallest absolute Gasteiger partial charge is 0.191 e. The van der Waals surface area contributed by atoms with Crippen LogP contribution in [-0.4, -0.2) is 44.8 Å². The van der Waals surface area contributed by atoms with Crippen molar-refractivity contribution in [1.29, 1.82) is 0 Å². The molecule has 6 nitrogen and oxygen atoms in total. The largest absolute Gasteiger partial charge is 0.497 e. The predicted molar refractivity (Wildman–Crippen MR) is 123 cm³/mol. The Hall–Kier alpha value is -1.55. The fourth-order valence-corrected chi connectivity index (χ4v) is 3.17. The molecule has 0 amide bonds. The highest BCUT2D eigenvalue weighted by molar-refractivity contribution is 14.0. The second kappa shape index (κ2) is 13.6. The lowest BCUT2D eigenvalue weighted by molar-refractivity contribution is 0.321. The molecule has 0 saturated heterocycles. The fraction of sp³-hybridized carbons (Fsp3) is 0.474. The number of methoxy groups -OCH3 is 1. The molecule has 0 fully saturated rings. The van der Waals surface area contributed by atoms with Gasteiger partial charge in [0.05, 0.1) is 18.7 Å². The van der Waals surface area contributed by atoms with Gasteiger partial charge in [0.2, 0.25) is 0 Å². The molecule has 1 aromatic heterocycles. The molecule has 8 heteroatoms. The number of rotatable bonds is 10. The van der Waals surface area contributed by atoms with Crippen molar-refractivity contribution in [3.05, 3.63) is 40.3 Å². The molecule has 150 valence electrons. The molecular formula is C19H29IN4O2S. The van der Waals surface area contributed by atoms with E-state index in [0.29, 0.717) is 13.2 Å². The molecule has 0 radical (unpaired) electrons. The van der Waals surface area contributed by atoms with Crippen LogP contribution in [0.2, 0.25) is 0 Å². The Bertz CT molecular complexity index is 677. The quantitative estimate of drug-likeness (QED) is 0.224. The van der Waals surface area contributed by atoms with Gasteiger partial charge in [0.25, 0.3) is 0 Å². The lowest BCUT2D eigenvalue weighted by atomic mass is 10.2. The lowest BCUT2D eigenvalue weighted by Gasteiger charge is -2.12. The van der Waals surface area contributed by atoms with Gasteiger partial charge < -0.3 is 20.1 Å². The van der Waals surface area contributed by atoms with Crippen LogP contribution < -0.4 is 20.1 Å². The lowest BCUT2D eigenvalue weighted by Crippen LogP contribution is -2.39. The van der Waals surface area contributed by atoms with E-state index in [1.807, 2.05) is 31.2 Å². The van der Waals surface area contributed by atoms with Crippen molar-refractivity contribution in [2.75, 3.05) is 33.9 Å². The minimum atomic E-state index is 0. The van der Waals surface area contributed by atoms with E-state index < -0.39 is 0 Å². The maximum atomic E-state index is 5.69. The number of nitrogens with one attached hydrogen (secondary N) is 2. The van der Waals surface area contributed by atoms with E-state index in [1.165, 1.54) is 5.01 Å². The highest BCUT2D eigenvalue weighted by Gasteiger charge is 2.00. The Morgan fingerprint density at radius 1 is 1.11 bits per heavy atom. The van der Waals surface area contributed by atoms with Crippen molar-refractivity contribution in [3.63, 3.8) is 0 Å². The zero-order chi connectivity index (χ0) is 18.6. The van der Waals surface area contributed by atoms with Crippen LogP contribution in [0.4, 0.5) is 0 Å². The van der Waals surface area contributed by atoms with Gasteiger partial charge in [-0.15, -0.1) is 35.3 Å². The van der Waals surface area contributed by atoms with E-state index in [-0.39, 0.29) is 24.0 Å². The van der Waals surface area contributed by atoms with Gasteiger partial charge in [0.15, 0.2) is 5.96 Å². The maximum absolute atomic E-state index is 5.69. The molecule has 0 aliphatic carbocycles. The molecule has 2 rings (SSSR count). The SMILES string of the molecule is CN=C(NCCCCc1nc(C)cs1)NCCOc1ccc(OC)cc1.I. The van der Waals surface area contributed by atoms with Crippen LogP contribution in [0.15, 0.2) is 34.6 Å². The number of unbranched alkanes of at least 4 members (excludes halogenated alkanes) is 1. The minimum absolute atomic E-state index is 0. The number of ether oxygens (including phenoxy) is 2. The number of hydrogen-bond donors (Lipinski definition) is 2. The number of hydrogen-bond acceptors (Lipinski definition) is 5. The first-order chi connectivity index (χ1) is 12.7. The summed E-state index contributed by atoms with van der Waals surface area (Å²) < 4.78 is 10.8. The number of benzene rings is 1. The zero-order valence-electron chi connectivity index (χ0n) is 16.2. The first-order valence-electron chi connectivity index (χ1n) is 8.83. The molecule has 2 aromatic rings. The van der Waals surface area contributed by atoms with Gasteiger partial charge in [-0.3, -0.25) is 4.99 Å². The number of halogens is 1. The molecule has 1 aromatic carbocycles. The molecule has 0 aliphatic rings. The number of thiazole rings is 1. The third kappa shape index (κ3) is 9.28. The monoisotopic (exact) mass is 504 g/mol. The summed E-state index contributed by atoms with van der Waals surface area (Å²) in [5.74, 6) is 2.45. The van der Waals surface area contributed by atoms with Gasteiger partial charge in [0.1, 0.15) is 18.1 Å². The molecule has 27 heavy (non-hydrogen) atoms. The summed E-state index contributed by atoms with van der Waals surface area (Å²) in [5, 5.41) is 9.90. The van der Waals surface area contributed by atoms with Crippen molar-refractivity contribution < 1.29 is 9.47 Å². The third-order valence-electron chi connectivity index (χ3n) is 3.72. The van der Waals surface area contributed by atoms with Crippen LogP contribution in [0, 0.1) is 6.92 Å². The van der Waals surface area contributed by atoms with Gasteiger partial charge in [0, 0.05) is 24.7 Å². The van der Waals surface area contributed by atoms with Crippen molar-refractivity contribution >= 4 is 41.3 Å². The summed E-state index contributed by atoms with van der Waals surface area (Å²) in [7, 11) is 3.43. The van der Waals surface area contributed by atoms with Crippen LogP contribution in [0.1, 0.15) is 23.5 Å². The van der Waals surface area contributed by atoms with Gasteiger partial charge >= 0.3 is 0 Å². The summed E-state index contributed by atoms with van der Waals surface area (Å²) in [6.45, 7) is 4.18. The van der Waals surface area contributed by atoms with E-state index in [1.54, 1.807) is 25.5 Å². The Kier molecular flexibility index (Phi) is 11.8. The topological polar surface area (TPSA) is 67.8 Å². The molecule has 0 bridgehead atoms. The summed E-state index contributed by atoms with van der Waals surface area (Å²) in [6.07, 6.45) is 3.25. The van der Waals surface area contributed by atoms with E-state index in [2.05, 4.69) is 26.0 Å². The van der Waals surface area contributed by atoms with Crippen LogP contribution in [0.5, 0.6) is 11.5 Å². The van der Waals surface area contributed by atoms with Crippen LogP contribution >= 0.6 is 35.3 Å². The average molecular weight is 504 g/mol. The summed E-state index contributed by atoms with van der Waals surface area (Å²) in [4.78, 5) is 8.71. The Morgan fingerprint density at radius 2 is 1.81 bits per heavy atom. The summed E-state index contributed by atoms with van der Waals surface area (Å²) in [6, 6.07) is 7.57. The number of aryl methyl sites for hydroxylation is 2. The molecule has 0 aliphatic heterocycles. The number of guanidine groups is 1. The normalized spacial score (nSPS) is 10.9. The number of nitrogens with zero attached hydrogens (tertiary/aromatic N) is 2. The third-order valence-corrected chi connectivity index (χ3v) is 4.75. The van der Waals surface area contributed by atoms with Gasteiger partial charge in [-0.2, -0.15) is 0 Å². The standard InChI is InChI=1S/C19H28N4O2S.HI/c1-15-14-26-18(23-15)6-4-5-11-21-19(20-2)22-12-13-25-17-9-7-16(24-3)8-10-17;/h7-10,14H,4-6,11-13H2,1-3H3,(H2,20,21,22);1H. The van der Waals surface area contributed by atoms with Gasteiger partial charge in [-0.1, -0.05) is 0 Å². The summed E-state index contributed by atoms with van der Waals surface area (Å²) in [5.41, 5.74) is 1.12. The average Bonchev–Trinajstić information content (AvgIpc) is 3.08. The fourth-order valence-electron chi connectivity index (χ4n) is 2.36. The first kappa shape index (κ1) is 23.5. The predicted octanol–water partition coefficient (Wildman–Crippen LogP) is 3.64. The first-order valence-corrected chi connectivity index (χ1v) is 9.71. The van der Waals surface area contributed by atoms with E-state index in [0.717, 1.165) is 49.0 Å². The van der Waals surface area contributed by atoms with Gasteiger partial charge in [-0.05, 0) is 50.5 Å². The molecule has 2 N–H and O–H groups in total. The highest BCUT2D eigenvalue weighted by Crippen LogP contribution is 2.16. The highest BCUT2D eigenvalue weighted by atomic mass is 127. The van der Waals surface area contributed by atoms with E-state index >= 15 is 0 Å². The number of aliphatic imine (C=N–C) groups is 1. The molecule has 0 saturated carbocycles. The number of aromatic nitrogens is 1. The van der Waals surface area contributed by atoms with Crippen LogP contribution in [0.3, 0.4) is 0 Å². The second-order valence-electron chi connectivity index (χ2n) is 5.79. The Labute approximate surface area is 182 Å².